The molecule has 0 unspecified atom stereocenters. The Hall–Kier alpha value is -4.70. The van der Waals surface area contributed by atoms with E-state index in [-0.39, 0.29) is 11.7 Å². The highest BCUT2D eigenvalue weighted by Crippen LogP contribution is 2.35. The molecule has 0 aliphatic carbocycles. The molecule has 3 N–H and O–H groups in total. The molecule has 0 bridgehead atoms. The van der Waals surface area contributed by atoms with Crippen LogP contribution in [0.2, 0.25) is 0 Å². The number of nitrogens with zero attached hydrogens (tertiary/aromatic N) is 4. The summed E-state index contributed by atoms with van der Waals surface area (Å²) in [6, 6.07) is 13.6. The number of para-hydroxylation sites is 1. The van der Waals surface area contributed by atoms with Crippen LogP contribution >= 0.6 is 11.3 Å². The van der Waals surface area contributed by atoms with E-state index in [0.29, 0.717) is 27.7 Å². The van der Waals surface area contributed by atoms with E-state index in [0.717, 1.165) is 38.0 Å². The molecule has 0 spiro atoms. The number of anilines is 1. The van der Waals surface area contributed by atoms with Gasteiger partial charge in [0.15, 0.2) is 17.3 Å². The average molecular weight is 536 g/mol. The number of rotatable bonds is 5. The van der Waals surface area contributed by atoms with Gasteiger partial charge in [-0.05, 0) is 37.3 Å². The average Bonchev–Trinajstić information content (AvgIpc) is 3.65. The molecule has 0 aliphatic rings. The smallest absolute Gasteiger partial charge is 0.229 e. The van der Waals surface area contributed by atoms with Crippen LogP contribution in [0.1, 0.15) is 37.4 Å². The van der Waals surface area contributed by atoms with Gasteiger partial charge in [0.05, 0.1) is 33.2 Å². The van der Waals surface area contributed by atoms with Crippen LogP contribution in [-0.4, -0.2) is 41.8 Å². The molecular weight excluding hydrogens is 510 g/mol. The number of benzene rings is 1. The molecule has 5 heterocycles. The number of hydrogen-bond donors (Lipinski definition) is 3. The third-order valence-electron chi connectivity index (χ3n) is 6.39. The number of thiophene rings is 1. The van der Waals surface area contributed by atoms with E-state index in [2.05, 4.69) is 30.5 Å². The Morgan fingerprint density at radius 2 is 1.82 bits per heavy atom. The van der Waals surface area contributed by atoms with Gasteiger partial charge in [0, 0.05) is 39.4 Å². The topological polar surface area (TPSA) is 129 Å². The number of carbonyl (C=O) groups is 2. The molecule has 6 rings (SSSR count). The minimum absolute atomic E-state index is 0.0469. The maximum atomic E-state index is 12.5. The summed E-state index contributed by atoms with van der Waals surface area (Å²) >= 11 is 1.46. The van der Waals surface area contributed by atoms with Crippen molar-refractivity contribution >= 4 is 50.8 Å². The number of aromatic amines is 2. The third-order valence-corrected chi connectivity index (χ3v) is 7.61. The van der Waals surface area contributed by atoms with Gasteiger partial charge in [-0.15, -0.1) is 11.3 Å². The first-order valence-electron chi connectivity index (χ1n) is 12.4. The molecule has 1 aromatic carbocycles. The molecule has 10 heteroatoms. The van der Waals surface area contributed by atoms with Crippen LogP contribution in [0.3, 0.4) is 0 Å². The van der Waals surface area contributed by atoms with Crippen molar-refractivity contribution in [2.75, 3.05) is 5.32 Å². The molecule has 0 aliphatic heterocycles. The van der Waals surface area contributed by atoms with E-state index in [1.54, 1.807) is 25.5 Å². The number of pyridine rings is 2. The Bertz CT molecular complexity index is 1890. The fraction of sp³-hybridized carbons (Fsp3) is 0.172. The molecule has 6 aromatic rings. The summed E-state index contributed by atoms with van der Waals surface area (Å²) in [5, 5.41) is 11.2. The zero-order valence-electron chi connectivity index (χ0n) is 21.8. The van der Waals surface area contributed by atoms with Gasteiger partial charge in [-0.3, -0.25) is 19.7 Å². The van der Waals surface area contributed by atoms with Crippen molar-refractivity contribution in [1.29, 1.82) is 0 Å². The molecule has 194 valence electrons. The minimum Gasteiger partial charge on any atom is -0.337 e. The van der Waals surface area contributed by atoms with E-state index in [1.165, 1.54) is 11.3 Å². The highest BCUT2D eigenvalue weighted by atomic mass is 32.1. The summed E-state index contributed by atoms with van der Waals surface area (Å²) in [6.45, 7) is 7.16. The summed E-state index contributed by atoms with van der Waals surface area (Å²) in [5.41, 5.74) is 5.65. The van der Waals surface area contributed by atoms with Gasteiger partial charge in [0.1, 0.15) is 5.69 Å². The quantitative estimate of drug-likeness (QED) is 0.217. The van der Waals surface area contributed by atoms with Crippen LogP contribution in [0.15, 0.2) is 61.1 Å². The number of nitrogens with one attached hydrogen (secondary N) is 3. The summed E-state index contributed by atoms with van der Waals surface area (Å²) in [5.74, 6) is 0.591. The molecule has 9 nitrogen and oxygen atoms in total. The van der Waals surface area contributed by atoms with Crippen molar-refractivity contribution in [2.45, 2.75) is 27.7 Å². The van der Waals surface area contributed by atoms with Crippen LogP contribution in [0.5, 0.6) is 0 Å². The molecule has 0 saturated carbocycles. The Labute approximate surface area is 227 Å². The van der Waals surface area contributed by atoms with Gasteiger partial charge in [0.2, 0.25) is 5.91 Å². The van der Waals surface area contributed by atoms with Crippen molar-refractivity contribution in [3.05, 3.63) is 65.9 Å². The van der Waals surface area contributed by atoms with Crippen LogP contribution in [0.4, 0.5) is 5.69 Å². The van der Waals surface area contributed by atoms with E-state index in [9.17, 15) is 9.59 Å². The second kappa shape index (κ2) is 9.25. The molecule has 39 heavy (non-hydrogen) atoms. The molecule has 0 radical (unpaired) electrons. The number of aromatic nitrogens is 6. The SMILES string of the molecule is CC(=O)c1ccc(-c2cccc3[nH]c(-c4[nH]nc5ncc(-c6cncc(NC(=O)C(C)(C)C)c6)cc45)nc23)s1. The number of amides is 1. The Morgan fingerprint density at radius 3 is 2.59 bits per heavy atom. The number of hydrogen-bond acceptors (Lipinski definition) is 7. The first-order valence-corrected chi connectivity index (χ1v) is 13.2. The second-order valence-corrected chi connectivity index (χ2v) is 11.5. The van der Waals surface area contributed by atoms with Crippen molar-refractivity contribution < 1.29 is 9.59 Å². The van der Waals surface area contributed by atoms with Gasteiger partial charge < -0.3 is 10.3 Å². The number of fused-ring (bicyclic) bond motifs is 2. The van der Waals surface area contributed by atoms with Crippen molar-refractivity contribution in [3.63, 3.8) is 0 Å². The Kier molecular flexibility index (Phi) is 5.84. The lowest BCUT2D eigenvalue weighted by atomic mass is 9.95. The largest absolute Gasteiger partial charge is 0.337 e. The molecule has 5 aromatic heterocycles. The first-order chi connectivity index (χ1) is 18.7. The standard InChI is InChI=1S/C29H25N7O2S/c1-15(37)22-8-9-23(39-22)19-6-5-7-21-24(19)34-27(33-21)25-20-11-17(13-31-26(20)36-35-25)16-10-18(14-30-12-16)32-28(38)29(2,3)4/h5-14H,1-4H3,(H,32,38)(H,33,34)(H,31,35,36). The van der Waals surface area contributed by atoms with Crippen LogP contribution in [0, 0.1) is 5.41 Å². The van der Waals surface area contributed by atoms with Gasteiger partial charge in [0.25, 0.3) is 0 Å². The van der Waals surface area contributed by atoms with Gasteiger partial charge >= 0.3 is 0 Å². The number of imidazole rings is 1. The molecule has 0 atom stereocenters. The summed E-state index contributed by atoms with van der Waals surface area (Å²) in [4.78, 5) is 43.2. The lowest BCUT2D eigenvalue weighted by molar-refractivity contribution is -0.123. The van der Waals surface area contributed by atoms with Crippen LogP contribution in [0.25, 0.3) is 55.2 Å². The summed E-state index contributed by atoms with van der Waals surface area (Å²) in [7, 11) is 0. The zero-order chi connectivity index (χ0) is 27.3. The third kappa shape index (κ3) is 4.59. The Morgan fingerprint density at radius 1 is 1.00 bits per heavy atom. The van der Waals surface area contributed by atoms with Gasteiger partial charge in [-0.2, -0.15) is 5.10 Å². The van der Waals surface area contributed by atoms with Gasteiger partial charge in [-0.1, -0.05) is 32.9 Å². The van der Waals surface area contributed by atoms with Crippen molar-refractivity contribution in [3.8, 4) is 33.1 Å². The monoisotopic (exact) mass is 535 g/mol. The summed E-state index contributed by atoms with van der Waals surface area (Å²) in [6.07, 6.45) is 5.10. The summed E-state index contributed by atoms with van der Waals surface area (Å²) < 4.78 is 0. The number of H-pyrrole nitrogens is 2. The van der Waals surface area contributed by atoms with Crippen LogP contribution < -0.4 is 5.32 Å². The van der Waals surface area contributed by atoms with Gasteiger partial charge in [-0.25, -0.2) is 9.97 Å². The second-order valence-electron chi connectivity index (χ2n) is 10.4. The fourth-order valence-corrected chi connectivity index (χ4v) is 5.17. The number of carbonyl (C=O) groups excluding carboxylic acids is 2. The van der Waals surface area contributed by atoms with E-state index >= 15 is 0 Å². The van der Waals surface area contributed by atoms with Crippen molar-refractivity contribution in [2.24, 2.45) is 5.41 Å². The van der Waals surface area contributed by atoms with E-state index in [4.69, 9.17) is 4.98 Å². The zero-order valence-corrected chi connectivity index (χ0v) is 22.6. The van der Waals surface area contributed by atoms with E-state index in [1.807, 2.05) is 63.2 Å². The number of Topliss-reactive ketones (excluding diaryl/α,β-unsaturated/α-hetero) is 1. The maximum Gasteiger partial charge on any atom is 0.229 e. The lowest BCUT2D eigenvalue weighted by Gasteiger charge is -2.17. The van der Waals surface area contributed by atoms with Crippen LogP contribution in [-0.2, 0) is 4.79 Å². The maximum absolute atomic E-state index is 12.5. The highest BCUT2D eigenvalue weighted by molar-refractivity contribution is 7.17. The predicted molar refractivity (Wildman–Crippen MR) is 154 cm³/mol. The first kappa shape index (κ1) is 24.6. The predicted octanol–water partition coefficient (Wildman–Crippen LogP) is 6.48. The molecule has 1 amide bonds. The van der Waals surface area contributed by atoms with E-state index < -0.39 is 5.41 Å². The lowest BCUT2D eigenvalue weighted by Crippen LogP contribution is -2.27. The Balaban J connectivity index is 1.39. The molecule has 0 saturated heterocycles. The minimum atomic E-state index is -0.520. The fourth-order valence-electron chi connectivity index (χ4n) is 4.24. The number of ketones is 1. The highest BCUT2D eigenvalue weighted by Gasteiger charge is 2.22. The van der Waals surface area contributed by atoms with Crippen molar-refractivity contribution in [1.82, 2.24) is 30.1 Å². The normalized spacial score (nSPS) is 11.8. The molecular formula is C29H25N7O2S. The molecule has 0 fully saturated rings.